The molecule has 0 aromatic carbocycles. The maximum Gasteiger partial charge on any atom is 0.331 e. The second kappa shape index (κ2) is 2.28. The summed E-state index contributed by atoms with van der Waals surface area (Å²) in [7, 11) is 0. The zero-order valence-corrected chi connectivity index (χ0v) is 6.16. The van der Waals surface area contributed by atoms with E-state index >= 15 is 0 Å². The van der Waals surface area contributed by atoms with Gasteiger partial charge in [0.2, 0.25) is 0 Å². The number of hydrogen-bond acceptors (Lipinski definition) is 4. The van der Waals surface area contributed by atoms with E-state index in [1.165, 1.54) is 0 Å². The van der Waals surface area contributed by atoms with Crippen LogP contribution in [0.15, 0.2) is 0 Å². The average Bonchev–Trinajstić information content (AvgIpc) is 2.13. The molecule has 0 radical (unpaired) electrons. The van der Waals surface area contributed by atoms with Gasteiger partial charge in [-0.05, 0) is 0 Å². The monoisotopic (exact) mass is 169 g/mol. The van der Waals surface area contributed by atoms with Crippen LogP contribution in [0.5, 0.6) is 0 Å². The van der Waals surface area contributed by atoms with Crippen molar-refractivity contribution < 1.29 is 14.4 Å². The van der Waals surface area contributed by atoms with Crippen LogP contribution >= 0.6 is 0 Å². The molecule has 0 atom stereocenters. The maximum absolute atomic E-state index is 11.0. The Hall–Kier alpha value is -1.43. The first-order valence-corrected chi connectivity index (χ1v) is 3.59. The standard InChI is InChI=1S/C6H7N3O3/c10-4-5(11)9(6(12)8-4)3-1-7-2-3/h3,7H,1-2H2,(H,8,10,12). The minimum atomic E-state index is -0.827. The SMILES string of the molecule is O=C1NC(=O)N(C2CNC2)C1=O. The molecule has 0 aliphatic carbocycles. The van der Waals surface area contributed by atoms with E-state index in [1.54, 1.807) is 0 Å². The Morgan fingerprint density at radius 3 is 2.25 bits per heavy atom. The van der Waals surface area contributed by atoms with Crippen LogP contribution < -0.4 is 10.6 Å². The van der Waals surface area contributed by atoms with Gasteiger partial charge in [0.1, 0.15) is 0 Å². The number of nitrogens with one attached hydrogen (secondary N) is 2. The molecular formula is C6H7N3O3. The number of carbonyl (C=O) groups is 3. The summed E-state index contributed by atoms with van der Waals surface area (Å²) in [4.78, 5) is 33.7. The van der Waals surface area contributed by atoms with Gasteiger partial charge in [0.05, 0.1) is 6.04 Å². The first-order chi connectivity index (χ1) is 5.70. The van der Waals surface area contributed by atoms with E-state index < -0.39 is 17.8 Å². The van der Waals surface area contributed by atoms with Gasteiger partial charge in [-0.1, -0.05) is 0 Å². The number of carbonyl (C=O) groups excluding carboxylic acids is 3. The van der Waals surface area contributed by atoms with Crippen molar-refractivity contribution in [3.8, 4) is 0 Å². The fraction of sp³-hybridized carbons (Fsp3) is 0.500. The topological polar surface area (TPSA) is 78.5 Å². The average molecular weight is 169 g/mol. The van der Waals surface area contributed by atoms with Crippen LogP contribution in [0.4, 0.5) is 4.79 Å². The molecule has 0 saturated carbocycles. The molecule has 0 unspecified atom stereocenters. The molecule has 0 spiro atoms. The van der Waals surface area contributed by atoms with Gasteiger partial charge in [0.25, 0.3) is 0 Å². The van der Waals surface area contributed by atoms with Crippen LogP contribution in [0.1, 0.15) is 0 Å². The molecule has 2 N–H and O–H groups in total. The van der Waals surface area contributed by atoms with Gasteiger partial charge in [-0.2, -0.15) is 0 Å². The molecule has 12 heavy (non-hydrogen) atoms. The third-order valence-electron chi connectivity index (χ3n) is 1.98. The van der Waals surface area contributed by atoms with Crippen molar-refractivity contribution in [2.45, 2.75) is 6.04 Å². The van der Waals surface area contributed by atoms with Crippen LogP contribution in [0.3, 0.4) is 0 Å². The molecule has 6 nitrogen and oxygen atoms in total. The number of imide groups is 2. The lowest BCUT2D eigenvalue weighted by atomic mass is 10.1. The van der Waals surface area contributed by atoms with Gasteiger partial charge in [-0.3, -0.25) is 14.9 Å². The predicted octanol–water partition coefficient (Wildman–Crippen LogP) is -1.96. The molecule has 2 aliphatic heterocycles. The molecule has 0 aromatic heterocycles. The Kier molecular flexibility index (Phi) is 1.37. The molecule has 2 rings (SSSR count). The van der Waals surface area contributed by atoms with Crippen LogP contribution in [-0.2, 0) is 9.59 Å². The smallest absolute Gasteiger partial charge is 0.312 e. The second-order valence-electron chi connectivity index (χ2n) is 2.75. The zero-order valence-electron chi connectivity index (χ0n) is 6.16. The molecule has 2 aliphatic rings. The van der Waals surface area contributed by atoms with Crippen molar-refractivity contribution in [2.75, 3.05) is 13.1 Å². The van der Waals surface area contributed by atoms with E-state index in [9.17, 15) is 14.4 Å². The predicted molar refractivity (Wildman–Crippen MR) is 37.0 cm³/mol. The lowest BCUT2D eigenvalue weighted by molar-refractivity contribution is -0.141. The van der Waals surface area contributed by atoms with Gasteiger partial charge >= 0.3 is 17.8 Å². The fourth-order valence-corrected chi connectivity index (χ4v) is 1.20. The largest absolute Gasteiger partial charge is 0.331 e. The minimum absolute atomic E-state index is 0.149. The van der Waals surface area contributed by atoms with Crippen LogP contribution in [0.25, 0.3) is 0 Å². The van der Waals surface area contributed by atoms with Gasteiger partial charge in [-0.15, -0.1) is 0 Å². The van der Waals surface area contributed by atoms with Gasteiger partial charge in [-0.25, -0.2) is 9.69 Å². The zero-order chi connectivity index (χ0) is 8.72. The summed E-state index contributed by atoms with van der Waals surface area (Å²) in [5, 5.41) is 4.85. The van der Waals surface area contributed by atoms with E-state index in [-0.39, 0.29) is 6.04 Å². The molecule has 2 fully saturated rings. The fourth-order valence-electron chi connectivity index (χ4n) is 1.20. The van der Waals surface area contributed by atoms with Crippen molar-refractivity contribution in [3.63, 3.8) is 0 Å². The van der Waals surface area contributed by atoms with Crippen molar-refractivity contribution in [3.05, 3.63) is 0 Å². The molecule has 64 valence electrons. The Morgan fingerprint density at radius 2 is 1.92 bits per heavy atom. The molecular weight excluding hydrogens is 162 g/mol. The van der Waals surface area contributed by atoms with E-state index in [1.807, 2.05) is 5.32 Å². The molecule has 2 saturated heterocycles. The molecule has 0 bridgehead atoms. The molecule has 4 amide bonds. The van der Waals surface area contributed by atoms with Gasteiger partial charge in [0.15, 0.2) is 0 Å². The van der Waals surface area contributed by atoms with Crippen molar-refractivity contribution in [2.24, 2.45) is 0 Å². The van der Waals surface area contributed by atoms with Crippen LogP contribution in [0.2, 0.25) is 0 Å². The Labute approximate surface area is 67.9 Å². The molecule has 0 aromatic rings. The highest BCUT2D eigenvalue weighted by Gasteiger charge is 2.43. The second-order valence-corrected chi connectivity index (χ2v) is 2.75. The summed E-state index contributed by atoms with van der Waals surface area (Å²) in [6.07, 6.45) is 0. The van der Waals surface area contributed by atoms with Crippen LogP contribution in [-0.4, -0.2) is 41.9 Å². The Bertz CT molecular complexity index is 271. The van der Waals surface area contributed by atoms with Crippen molar-refractivity contribution in [1.82, 2.24) is 15.5 Å². The lowest BCUT2D eigenvalue weighted by Crippen LogP contribution is -2.59. The normalized spacial score (nSPS) is 24.3. The van der Waals surface area contributed by atoms with E-state index in [4.69, 9.17) is 0 Å². The number of rotatable bonds is 1. The summed E-state index contributed by atoms with van der Waals surface area (Å²) in [5.41, 5.74) is 0. The van der Waals surface area contributed by atoms with Crippen molar-refractivity contribution in [1.29, 1.82) is 0 Å². The highest BCUT2D eigenvalue weighted by atomic mass is 16.2. The quantitative estimate of drug-likeness (QED) is 0.353. The van der Waals surface area contributed by atoms with E-state index in [2.05, 4.69) is 5.32 Å². The summed E-state index contributed by atoms with van der Waals surface area (Å²) in [6, 6.07) is -0.750. The summed E-state index contributed by atoms with van der Waals surface area (Å²) < 4.78 is 0. The summed E-state index contributed by atoms with van der Waals surface area (Å²) >= 11 is 0. The van der Waals surface area contributed by atoms with E-state index in [0.29, 0.717) is 13.1 Å². The van der Waals surface area contributed by atoms with Crippen LogP contribution in [0, 0.1) is 0 Å². The van der Waals surface area contributed by atoms with Gasteiger partial charge < -0.3 is 5.32 Å². The molecule has 2 heterocycles. The highest BCUT2D eigenvalue weighted by molar-refractivity contribution is 6.44. The Morgan fingerprint density at radius 1 is 1.25 bits per heavy atom. The summed E-state index contributed by atoms with van der Waals surface area (Å²) in [5.74, 6) is -1.57. The minimum Gasteiger partial charge on any atom is -0.312 e. The maximum atomic E-state index is 11.0. The Balaban J connectivity index is 2.18. The number of amides is 4. The van der Waals surface area contributed by atoms with Gasteiger partial charge in [0, 0.05) is 13.1 Å². The first kappa shape index (κ1) is 7.23. The highest BCUT2D eigenvalue weighted by Crippen LogP contribution is 2.09. The number of nitrogens with zero attached hydrogens (tertiary/aromatic N) is 1. The van der Waals surface area contributed by atoms with Crippen molar-refractivity contribution >= 4 is 17.8 Å². The summed E-state index contributed by atoms with van der Waals surface area (Å²) in [6.45, 7) is 1.15. The third-order valence-corrected chi connectivity index (χ3v) is 1.98. The third kappa shape index (κ3) is 0.814. The van der Waals surface area contributed by atoms with E-state index in [0.717, 1.165) is 4.90 Å². The number of hydrogen-bond donors (Lipinski definition) is 2. The lowest BCUT2D eigenvalue weighted by Gasteiger charge is -2.32. The first-order valence-electron chi connectivity index (χ1n) is 3.59. The molecule has 6 heteroatoms. The number of urea groups is 1.